The van der Waals surface area contributed by atoms with Crippen molar-refractivity contribution in [1.82, 2.24) is 15.0 Å². The van der Waals surface area contributed by atoms with Crippen molar-refractivity contribution < 1.29 is 13.2 Å². The Hall–Kier alpha value is -3.92. The van der Waals surface area contributed by atoms with E-state index in [1.54, 1.807) is 30.6 Å². The number of aromatic amines is 1. The summed E-state index contributed by atoms with van der Waals surface area (Å²) >= 11 is 0. The maximum absolute atomic E-state index is 13.4. The van der Waals surface area contributed by atoms with E-state index in [4.69, 9.17) is 0 Å². The van der Waals surface area contributed by atoms with Crippen molar-refractivity contribution in [3.63, 3.8) is 0 Å². The van der Waals surface area contributed by atoms with Crippen LogP contribution in [-0.2, 0) is 21.2 Å². The second-order valence-corrected chi connectivity index (χ2v) is 11.5. The van der Waals surface area contributed by atoms with Crippen molar-refractivity contribution >= 4 is 44.2 Å². The monoisotopic (exact) mass is 516 g/mol. The number of para-hydroxylation sites is 1. The lowest BCUT2D eigenvalue weighted by atomic mass is 9.95. The van der Waals surface area contributed by atoms with Gasteiger partial charge in [0.05, 0.1) is 16.0 Å². The molecule has 2 N–H and O–H groups in total. The molecule has 2 aromatic heterocycles. The predicted octanol–water partition coefficient (Wildman–Crippen LogP) is 3.87. The van der Waals surface area contributed by atoms with Gasteiger partial charge in [0.15, 0.2) is 0 Å². The number of rotatable bonds is 5. The molecule has 4 aromatic rings. The number of sulfonamides is 1. The summed E-state index contributed by atoms with van der Waals surface area (Å²) in [6, 6.07) is 14.1. The van der Waals surface area contributed by atoms with Crippen LogP contribution >= 0.6 is 0 Å². The lowest BCUT2D eigenvalue weighted by Gasteiger charge is -2.32. The summed E-state index contributed by atoms with van der Waals surface area (Å²) < 4.78 is 28.3. The van der Waals surface area contributed by atoms with Crippen LogP contribution in [0.2, 0.25) is 0 Å². The molecule has 2 aliphatic rings. The molecule has 0 spiro atoms. The Bertz CT molecular complexity index is 1590. The van der Waals surface area contributed by atoms with Gasteiger partial charge < -0.3 is 15.2 Å². The van der Waals surface area contributed by atoms with Gasteiger partial charge in [-0.15, -0.1) is 0 Å². The number of carbonyl (C=O) groups is 1. The normalized spacial score (nSPS) is 16.2. The minimum atomic E-state index is -3.73. The van der Waals surface area contributed by atoms with E-state index in [1.807, 2.05) is 37.4 Å². The molecule has 0 bridgehead atoms. The van der Waals surface area contributed by atoms with Gasteiger partial charge in [-0.05, 0) is 61.6 Å². The van der Waals surface area contributed by atoms with Crippen molar-refractivity contribution in [2.75, 3.05) is 34.2 Å². The van der Waals surface area contributed by atoms with Crippen molar-refractivity contribution in [1.29, 1.82) is 0 Å². The first-order valence-electron chi connectivity index (χ1n) is 12.5. The van der Waals surface area contributed by atoms with Crippen LogP contribution in [0.4, 0.5) is 17.2 Å². The molecule has 0 radical (unpaired) electrons. The molecule has 1 saturated heterocycles. The van der Waals surface area contributed by atoms with E-state index < -0.39 is 10.0 Å². The molecule has 1 amide bonds. The van der Waals surface area contributed by atoms with E-state index in [2.05, 4.69) is 25.2 Å². The first kappa shape index (κ1) is 23.5. The van der Waals surface area contributed by atoms with Crippen LogP contribution in [-0.4, -0.2) is 48.9 Å². The van der Waals surface area contributed by atoms with Crippen LogP contribution in [0.1, 0.15) is 24.0 Å². The first-order chi connectivity index (χ1) is 17.9. The maximum atomic E-state index is 13.4. The third-order valence-corrected chi connectivity index (χ3v) is 9.16. The molecule has 9 nitrogen and oxygen atoms in total. The molecular formula is C27H28N6O3S. The number of nitrogens with zero attached hydrogens (tertiary/aromatic N) is 4. The van der Waals surface area contributed by atoms with Crippen LogP contribution in [0.15, 0.2) is 66.0 Å². The van der Waals surface area contributed by atoms with Crippen LogP contribution in [0.3, 0.4) is 0 Å². The molecule has 10 heteroatoms. The first-order valence-corrected chi connectivity index (χ1v) is 13.9. The largest absolute Gasteiger partial charge is 0.356 e. The zero-order valence-corrected chi connectivity index (χ0v) is 21.3. The number of aryl methyl sites for hydroxylation is 1. The summed E-state index contributed by atoms with van der Waals surface area (Å²) in [5.41, 5.74) is 4.14. The zero-order valence-electron chi connectivity index (χ0n) is 20.5. The number of amides is 1. The van der Waals surface area contributed by atoms with Gasteiger partial charge in [0, 0.05) is 37.4 Å². The molecule has 190 valence electrons. The van der Waals surface area contributed by atoms with Gasteiger partial charge in [-0.2, -0.15) is 0 Å². The lowest BCUT2D eigenvalue weighted by molar-refractivity contribution is -0.120. The zero-order chi connectivity index (χ0) is 25.6. The quantitative estimate of drug-likeness (QED) is 0.417. The summed E-state index contributed by atoms with van der Waals surface area (Å²) in [6.45, 7) is 3.86. The number of piperidine rings is 1. The Kier molecular flexibility index (Phi) is 5.83. The Morgan fingerprint density at radius 1 is 1.05 bits per heavy atom. The molecule has 0 saturated carbocycles. The van der Waals surface area contributed by atoms with Crippen molar-refractivity contribution in [2.24, 2.45) is 5.92 Å². The minimum Gasteiger partial charge on any atom is -0.356 e. The molecule has 0 atom stereocenters. The molecule has 1 fully saturated rings. The van der Waals surface area contributed by atoms with E-state index in [0.717, 1.165) is 33.7 Å². The molecule has 0 aliphatic carbocycles. The van der Waals surface area contributed by atoms with Crippen molar-refractivity contribution in [3.05, 3.63) is 72.2 Å². The molecule has 37 heavy (non-hydrogen) atoms. The second-order valence-electron chi connectivity index (χ2n) is 9.63. The van der Waals surface area contributed by atoms with E-state index in [-0.39, 0.29) is 16.7 Å². The van der Waals surface area contributed by atoms with Crippen molar-refractivity contribution in [2.45, 2.75) is 31.1 Å². The highest BCUT2D eigenvalue weighted by Crippen LogP contribution is 2.34. The highest BCUT2D eigenvalue weighted by molar-refractivity contribution is 7.92. The average molecular weight is 517 g/mol. The van der Waals surface area contributed by atoms with Crippen LogP contribution < -0.4 is 14.5 Å². The van der Waals surface area contributed by atoms with Crippen LogP contribution in [0.25, 0.3) is 11.0 Å². The van der Waals surface area contributed by atoms with Gasteiger partial charge in [-0.25, -0.2) is 18.4 Å². The number of aromatic nitrogens is 3. The van der Waals surface area contributed by atoms with Crippen LogP contribution in [0.5, 0.6) is 0 Å². The summed E-state index contributed by atoms with van der Waals surface area (Å²) in [6.07, 6.45) is 5.55. The topological polar surface area (TPSA) is 111 Å². The number of hydrogen-bond donors (Lipinski definition) is 2. The summed E-state index contributed by atoms with van der Waals surface area (Å²) in [7, 11) is -3.73. The highest BCUT2D eigenvalue weighted by atomic mass is 32.2. The second kappa shape index (κ2) is 9.19. The summed E-state index contributed by atoms with van der Waals surface area (Å²) in [4.78, 5) is 27.5. The van der Waals surface area contributed by atoms with Gasteiger partial charge >= 0.3 is 0 Å². The fraction of sp³-hybridized carbons (Fsp3) is 0.296. The minimum absolute atomic E-state index is 0.0913. The van der Waals surface area contributed by atoms with Gasteiger partial charge in [-0.3, -0.25) is 9.10 Å². The molecule has 0 unspecified atom stereocenters. The fourth-order valence-corrected chi connectivity index (χ4v) is 6.90. The smallest absolute Gasteiger partial charge is 0.264 e. The molecule has 2 aliphatic heterocycles. The Balaban J connectivity index is 1.14. The highest BCUT2D eigenvalue weighted by Gasteiger charge is 2.31. The van der Waals surface area contributed by atoms with E-state index in [1.165, 1.54) is 4.31 Å². The fourth-order valence-electron chi connectivity index (χ4n) is 5.35. The van der Waals surface area contributed by atoms with Gasteiger partial charge in [0.2, 0.25) is 5.91 Å². The van der Waals surface area contributed by atoms with Crippen molar-refractivity contribution in [3.8, 4) is 0 Å². The molecule has 4 heterocycles. The number of hydrogen-bond acceptors (Lipinski definition) is 6. The predicted molar refractivity (Wildman–Crippen MR) is 143 cm³/mol. The third-order valence-electron chi connectivity index (χ3n) is 7.35. The lowest BCUT2D eigenvalue weighted by Crippen LogP contribution is -2.38. The van der Waals surface area contributed by atoms with Gasteiger partial charge in [0.1, 0.15) is 17.8 Å². The Morgan fingerprint density at radius 3 is 2.70 bits per heavy atom. The van der Waals surface area contributed by atoms with Crippen LogP contribution in [0, 0.1) is 12.8 Å². The Morgan fingerprint density at radius 2 is 1.86 bits per heavy atom. The SMILES string of the molecule is Cc1c[nH]c2ncnc(N3CCC(C(=O)Nc4cccc(S(=O)(=O)N5CCc6ccccc65)c4)CC3)c12. The summed E-state index contributed by atoms with van der Waals surface area (Å²) in [5.74, 6) is 0.641. The third kappa shape index (κ3) is 4.21. The maximum Gasteiger partial charge on any atom is 0.264 e. The molecule has 6 rings (SSSR count). The number of H-pyrrole nitrogens is 1. The number of fused-ring (bicyclic) bond motifs is 2. The van der Waals surface area contributed by atoms with E-state index >= 15 is 0 Å². The number of nitrogens with one attached hydrogen (secondary N) is 2. The summed E-state index contributed by atoms with van der Waals surface area (Å²) in [5, 5.41) is 3.97. The van der Waals surface area contributed by atoms with Gasteiger partial charge in [-0.1, -0.05) is 24.3 Å². The molecule has 2 aromatic carbocycles. The van der Waals surface area contributed by atoms with E-state index in [9.17, 15) is 13.2 Å². The number of benzene rings is 2. The Labute approximate surface area is 215 Å². The molecular weight excluding hydrogens is 488 g/mol. The average Bonchev–Trinajstić information content (AvgIpc) is 3.53. The van der Waals surface area contributed by atoms with E-state index in [0.29, 0.717) is 44.6 Å². The number of anilines is 3. The standard InChI is InChI=1S/C27H28N6O3S/c1-18-16-28-25-24(18)26(30-17-29-25)32-12-9-20(10-13-32)27(34)31-21-6-4-7-22(15-21)37(35,36)33-14-11-19-5-2-3-8-23(19)33/h2-8,15-17,20H,9-14H2,1H3,(H,31,34)(H,28,29,30). The number of carbonyl (C=O) groups excluding carboxylic acids is 1. The van der Waals surface area contributed by atoms with Gasteiger partial charge in [0.25, 0.3) is 10.0 Å².